The lowest BCUT2D eigenvalue weighted by Crippen LogP contribution is -2.48. The lowest BCUT2D eigenvalue weighted by molar-refractivity contribution is -0.123. The second kappa shape index (κ2) is 8.44. The Morgan fingerprint density at radius 1 is 1.47 bits per heavy atom. The van der Waals surface area contributed by atoms with E-state index in [0.717, 1.165) is 39.1 Å². The van der Waals surface area contributed by atoms with Crippen LogP contribution in [-0.2, 0) is 9.53 Å². The topological polar surface area (TPSA) is 53.6 Å². The number of carbonyl (C=O) groups is 1. The van der Waals surface area contributed by atoms with Crippen LogP contribution < -0.4 is 10.6 Å². The van der Waals surface area contributed by atoms with Crippen molar-refractivity contribution in [2.75, 3.05) is 46.9 Å². The third-order valence-corrected chi connectivity index (χ3v) is 3.10. The smallest absolute Gasteiger partial charge is 0.237 e. The van der Waals surface area contributed by atoms with Gasteiger partial charge in [0.1, 0.15) is 0 Å². The molecule has 0 spiro atoms. The standard InChI is InChI=1S/C12H25N3O2/c1-15(9-10-17-2)8-7-14-12(16)11-5-3-4-6-13-11/h11,13H,3-10H2,1-2H3,(H,14,16)/t11-/m0/s1. The third-order valence-electron chi connectivity index (χ3n) is 3.10. The molecule has 0 radical (unpaired) electrons. The number of nitrogens with one attached hydrogen (secondary N) is 2. The van der Waals surface area contributed by atoms with Crippen LogP contribution in [-0.4, -0.2) is 63.8 Å². The molecule has 1 aliphatic rings. The van der Waals surface area contributed by atoms with E-state index in [1.54, 1.807) is 7.11 Å². The molecule has 0 unspecified atom stereocenters. The first-order chi connectivity index (χ1) is 8.24. The lowest BCUT2D eigenvalue weighted by Gasteiger charge is -2.23. The zero-order valence-electron chi connectivity index (χ0n) is 11.0. The number of hydrogen-bond donors (Lipinski definition) is 2. The number of likely N-dealkylation sites (N-methyl/N-ethyl adjacent to an activating group) is 1. The summed E-state index contributed by atoms with van der Waals surface area (Å²) in [6, 6.07) is 0.0213. The number of carbonyl (C=O) groups excluding carboxylic acids is 1. The zero-order valence-corrected chi connectivity index (χ0v) is 11.0. The molecule has 0 aliphatic carbocycles. The Balaban J connectivity index is 2.06. The van der Waals surface area contributed by atoms with E-state index in [-0.39, 0.29) is 11.9 Å². The fourth-order valence-electron chi connectivity index (χ4n) is 1.93. The maximum atomic E-state index is 11.8. The van der Waals surface area contributed by atoms with Crippen molar-refractivity contribution in [3.8, 4) is 0 Å². The molecule has 0 aromatic heterocycles. The van der Waals surface area contributed by atoms with Crippen LogP contribution in [0.1, 0.15) is 19.3 Å². The second-order valence-corrected chi connectivity index (χ2v) is 4.59. The minimum Gasteiger partial charge on any atom is -0.383 e. The molecule has 1 fully saturated rings. The second-order valence-electron chi connectivity index (χ2n) is 4.59. The van der Waals surface area contributed by atoms with E-state index < -0.39 is 0 Å². The van der Waals surface area contributed by atoms with Crippen molar-refractivity contribution < 1.29 is 9.53 Å². The molecule has 1 rings (SSSR count). The van der Waals surface area contributed by atoms with Crippen molar-refractivity contribution in [2.45, 2.75) is 25.3 Å². The van der Waals surface area contributed by atoms with Gasteiger partial charge in [-0.05, 0) is 26.4 Å². The molecule has 1 heterocycles. The average molecular weight is 243 g/mol. The summed E-state index contributed by atoms with van der Waals surface area (Å²) in [5.41, 5.74) is 0. The molecule has 1 atom stereocenters. The van der Waals surface area contributed by atoms with Gasteiger partial charge in [-0.15, -0.1) is 0 Å². The molecule has 5 nitrogen and oxygen atoms in total. The van der Waals surface area contributed by atoms with Crippen LogP contribution in [0, 0.1) is 0 Å². The quantitative estimate of drug-likeness (QED) is 0.651. The molecule has 2 N–H and O–H groups in total. The molecule has 0 saturated carbocycles. The fourth-order valence-corrected chi connectivity index (χ4v) is 1.93. The molecule has 5 heteroatoms. The van der Waals surface area contributed by atoms with Crippen LogP contribution in [0.15, 0.2) is 0 Å². The van der Waals surface area contributed by atoms with E-state index in [1.807, 2.05) is 7.05 Å². The first-order valence-corrected chi connectivity index (χ1v) is 6.42. The molecular weight excluding hydrogens is 218 g/mol. The van der Waals surface area contributed by atoms with Crippen molar-refractivity contribution in [1.29, 1.82) is 0 Å². The Morgan fingerprint density at radius 2 is 2.29 bits per heavy atom. The summed E-state index contributed by atoms with van der Waals surface area (Å²) in [5.74, 6) is 0.143. The van der Waals surface area contributed by atoms with Gasteiger partial charge in [0.2, 0.25) is 5.91 Å². The summed E-state index contributed by atoms with van der Waals surface area (Å²) in [4.78, 5) is 13.9. The van der Waals surface area contributed by atoms with Crippen LogP contribution in [0.25, 0.3) is 0 Å². The van der Waals surface area contributed by atoms with E-state index in [1.165, 1.54) is 6.42 Å². The van der Waals surface area contributed by atoms with Gasteiger partial charge >= 0.3 is 0 Å². The van der Waals surface area contributed by atoms with E-state index in [9.17, 15) is 4.79 Å². The van der Waals surface area contributed by atoms with Gasteiger partial charge in [-0.3, -0.25) is 4.79 Å². The first kappa shape index (κ1) is 14.4. The molecular formula is C12H25N3O2. The zero-order chi connectivity index (χ0) is 12.5. The van der Waals surface area contributed by atoms with Gasteiger partial charge in [-0.2, -0.15) is 0 Å². The predicted molar refractivity (Wildman–Crippen MR) is 68.0 cm³/mol. The van der Waals surface area contributed by atoms with Crippen molar-refractivity contribution in [3.63, 3.8) is 0 Å². The Bertz CT molecular complexity index is 218. The van der Waals surface area contributed by atoms with E-state index >= 15 is 0 Å². The highest BCUT2D eigenvalue weighted by atomic mass is 16.5. The molecule has 0 aromatic carbocycles. The minimum absolute atomic E-state index is 0.0213. The van der Waals surface area contributed by atoms with Gasteiger partial charge in [0.05, 0.1) is 12.6 Å². The number of piperidine rings is 1. The van der Waals surface area contributed by atoms with Gasteiger partial charge < -0.3 is 20.3 Å². The predicted octanol–water partition coefficient (Wildman–Crippen LogP) is -0.177. The number of amides is 1. The van der Waals surface area contributed by atoms with E-state index in [2.05, 4.69) is 15.5 Å². The Hall–Kier alpha value is -0.650. The first-order valence-electron chi connectivity index (χ1n) is 6.42. The van der Waals surface area contributed by atoms with Crippen LogP contribution in [0.2, 0.25) is 0 Å². The SMILES string of the molecule is COCCN(C)CCNC(=O)[C@@H]1CCCCN1. The Kier molecular flexibility index (Phi) is 7.16. The molecule has 1 amide bonds. The van der Waals surface area contributed by atoms with Crippen LogP contribution in [0.5, 0.6) is 0 Å². The average Bonchev–Trinajstić information content (AvgIpc) is 2.37. The van der Waals surface area contributed by atoms with Crippen LogP contribution in [0.3, 0.4) is 0 Å². The monoisotopic (exact) mass is 243 g/mol. The molecule has 100 valence electrons. The minimum atomic E-state index is 0.0213. The maximum Gasteiger partial charge on any atom is 0.237 e. The number of nitrogens with zero attached hydrogens (tertiary/aromatic N) is 1. The highest BCUT2D eigenvalue weighted by molar-refractivity contribution is 5.81. The summed E-state index contributed by atoms with van der Waals surface area (Å²) in [6.45, 7) is 4.16. The van der Waals surface area contributed by atoms with Crippen molar-refractivity contribution >= 4 is 5.91 Å². The maximum absolute atomic E-state index is 11.8. The highest BCUT2D eigenvalue weighted by Gasteiger charge is 2.19. The van der Waals surface area contributed by atoms with Crippen LogP contribution in [0.4, 0.5) is 0 Å². The Morgan fingerprint density at radius 3 is 2.94 bits per heavy atom. The highest BCUT2D eigenvalue weighted by Crippen LogP contribution is 2.06. The fraction of sp³-hybridized carbons (Fsp3) is 0.917. The summed E-state index contributed by atoms with van der Waals surface area (Å²) < 4.78 is 5.00. The van der Waals surface area contributed by atoms with Gasteiger partial charge in [0.25, 0.3) is 0 Å². The normalized spacial score (nSPS) is 20.5. The molecule has 1 saturated heterocycles. The molecule has 0 aromatic rings. The molecule has 1 aliphatic heterocycles. The lowest BCUT2D eigenvalue weighted by atomic mass is 10.0. The van der Waals surface area contributed by atoms with Gasteiger partial charge in [-0.25, -0.2) is 0 Å². The summed E-state index contributed by atoms with van der Waals surface area (Å²) in [6.07, 6.45) is 3.30. The summed E-state index contributed by atoms with van der Waals surface area (Å²) in [5, 5.41) is 6.22. The van der Waals surface area contributed by atoms with Gasteiger partial charge in [0, 0.05) is 26.7 Å². The number of rotatable bonds is 7. The summed E-state index contributed by atoms with van der Waals surface area (Å²) in [7, 11) is 3.73. The number of ether oxygens (including phenoxy) is 1. The van der Waals surface area contributed by atoms with Crippen molar-refractivity contribution in [2.24, 2.45) is 0 Å². The molecule has 0 bridgehead atoms. The molecule has 17 heavy (non-hydrogen) atoms. The van der Waals surface area contributed by atoms with E-state index in [0.29, 0.717) is 6.54 Å². The number of methoxy groups -OCH3 is 1. The Labute approximate surface area is 104 Å². The van der Waals surface area contributed by atoms with Crippen molar-refractivity contribution in [3.05, 3.63) is 0 Å². The summed E-state index contributed by atoms with van der Waals surface area (Å²) >= 11 is 0. The van der Waals surface area contributed by atoms with Gasteiger partial charge in [-0.1, -0.05) is 6.42 Å². The largest absolute Gasteiger partial charge is 0.383 e. The van der Waals surface area contributed by atoms with Gasteiger partial charge in [0.15, 0.2) is 0 Å². The number of hydrogen-bond acceptors (Lipinski definition) is 4. The van der Waals surface area contributed by atoms with Crippen LogP contribution >= 0.6 is 0 Å². The van der Waals surface area contributed by atoms with E-state index in [4.69, 9.17) is 4.74 Å². The third kappa shape index (κ3) is 6.00. The van der Waals surface area contributed by atoms with Crippen molar-refractivity contribution in [1.82, 2.24) is 15.5 Å².